The van der Waals surface area contributed by atoms with Gasteiger partial charge in [0.25, 0.3) is 0 Å². The fourth-order valence-electron chi connectivity index (χ4n) is 2.64. The molecule has 1 heterocycles. The number of aliphatic imine (C=N–C) groups is 1. The van der Waals surface area contributed by atoms with Gasteiger partial charge in [-0.25, -0.2) is 0 Å². The van der Waals surface area contributed by atoms with E-state index in [9.17, 15) is 0 Å². The van der Waals surface area contributed by atoms with Crippen LogP contribution in [0.15, 0.2) is 47.7 Å². The van der Waals surface area contributed by atoms with Crippen LogP contribution in [0.4, 0.5) is 0 Å². The van der Waals surface area contributed by atoms with Crippen molar-refractivity contribution in [3.63, 3.8) is 0 Å². The first kappa shape index (κ1) is 22.5. The van der Waals surface area contributed by atoms with E-state index in [0.29, 0.717) is 0 Å². The quantitative estimate of drug-likeness (QED) is 0.268. The van der Waals surface area contributed by atoms with Crippen LogP contribution in [0, 0.1) is 6.92 Å². The Labute approximate surface area is 174 Å². The molecule has 1 aromatic heterocycles. The maximum absolute atomic E-state index is 4.78. The summed E-state index contributed by atoms with van der Waals surface area (Å²) in [5.74, 6) is 0.878. The molecule has 2 rings (SSSR count). The molecule has 0 fully saturated rings. The molecule has 0 saturated heterocycles. The van der Waals surface area contributed by atoms with E-state index in [0.717, 1.165) is 38.6 Å². The summed E-state index contributed by atoms with van der Waals surface area (Å²) in [5.41, 5.74) is 2.52. The Morgan fingerprint density at radius 1 is 1.19 bits per heavy atom. The van der Waals surface area contributed by atoms with Crippen LogP contribution < -0.4 is 10.6 Å². The number of hydrogen-bond donors (Lipinski definition) is 2. The number of benzene rings is 1. The Hall–Kier alpha value is -1.57. The van der Waals surface area contributed by atoms with Gasteiger partial charge in [-0.05, 0) is 31.4 Å². The molecule has 0 amide bonds. The molecule has 2 aromatic rings. The molecule has 2 N–H and O–H groups in total. The number of aromatic nitrogens is 2. The highest BCUT2D eigenvalue weighted by Gasteiger charge is 2.19. The fraction of sp³-hybridized carbons (Fsp3) is 0.500. The maximum Gasteiger partial charge on any atom is 0.191 e. The van der Waals surface area contributed by atoms with Crippen molar-refractivity contribution < 1.29 is 0 Å². The van der Waals surface area contributed by atoms with Crippen LogP contribution >= 0.6 is 24.0 Å². The highest BCUT2D eigenvalue weighted by Crippen LogP contribution is 2.22. The van der Waals surface area contributed by atoms with Crippen molar-refractivity contribution in [1.82, 2.24) is 20.4 Å². The smallest absolute Gasteiger partial charge is 0.191 e. The van der Waals surface area contributed by atoms with Gasteiger partial charge in [0.1, 0.15) is 0 Å². The van der Waals surface area contributed by atoms with Gasteiger partial charge in [0, 0.05) is 31.2 Å². The van der Waals surface area contributed by atoms with Crippen molar-refractivity contribution in [1.29, 1.82) is 0 Å². The first-order valence-electron chi connectivity index (χ1n) is 9.08. The monoisotopic (exact) mass is 469 g/mol. The molecule has 0 aliphatic carbocycles. The van der Waals surface area contributed by atoms with Gasteiger partial charge in [0.2, 0.25) is 0 Å². The van der Waals surface area contributed by atoms with E-state index in [-0.39, 0.29) is 29.4 Å². The minimum Gasteiger partial charge on any atom is -0.357 e. The summed E-state index contributed by atoms with van der Waals surface area (Å²) < 4.78 is 1.99. The lowest BCUT2D eigenvalue weighted by atomic mass is 9.85. The number of nitrogens with one attached hydrogen (secondary N) is 2. The Kier molecular flexibility index (Phi) is 9.69. The molecule has 6 heteroatoms. The highest BCUT2D eigenvalue weighted by molar-refractivity contribution is 14.0. The molecular formula is C20H32IN5. The van der Waals surface area contributed by atoms with Gasteiger partial charge < -0.3 is 10.6 Å². The maximum atomic E-state index is 4.78. The minimum atomic E-state index is 0. The highest BCUT2D eigenvalue weighted by atomic mass is 127. The van der Waals surface area contributed by atoms with Crippen LogP contribution in [0.3, 0.4) is 0 Å². The molecule has 0 spiro atoms. The third-order valence-corrected chi connectivity index (χ3v) is 4.15. The number of halogens is 1. The number of aryl methyl sites for hydroxylation is 2. The van der Waals surface area contributed by atoms with Crippen LogP contribution in [0.2, 0.25) is 0 Å². The molecule has 0 aliphatic heterocycles. The molecule has 0 saturated carbocycles. The Morgan fingerprint density at radius 2 is 1.92 bits per heavy atom. The van der Waals surface area contributed by atoms with Crippen LogP contribution in [-0.4, -0.2) is 35.4 Å². The van der Waals surface area contributed by atoms with Gasteiger partial charge in [-0.15, -0.1) is 24.0 Å². The van der Waals surface area contributed by atoms with Gasteiger partial charge in [0.05, 0.1) is 12.7 Å². The van der Waals surface area contributed by atoms with E-state index < -0.39 is 0 Å². The fourth-order valence-corrected chi connectivity index (χ4v) is 2.64. The Bertz CT molecular complexity index is 664. The molecule has 1 aromatic carbocycles. The zero-order chi connectivity index (χ0) is 18.1. The van der Waals surface area contributed by atoms with Crippen LogP contribution in [-0.2, 0) is 12.0 Å². The molecule has 5 nitrogen and oxygen atoms in total. The van der Waals surface area contributed by atoms with Crippen LogP contribution in [0.5, 0.6) is 0 Å². The lowest BCUT2D eigenvalue weighted by Crippen LogP contribution is -2.39. The minimum absolute atomic E-state index is 0. The lowest BCUT2D eigenvalue weighted by molar-refractivity contribution is 0.535. The number of guanidine groups is 1. The van der Waals surface area contributed by atoms with Crippen molar-refractivity contribution in [2.24, 2.45) is 4.99 Å². The average molecular weight is 469 g/mol. The largest absolute Gasteiger partial charge is 0.357 e. The molecular weight excluding hydrogens is 437 g/mol. The normalized spacial score (nSPS) is 11.8. The summed E-state index contributed by atoms with van der Waals surface area (Å²) in [7, 11) is 0. The van der Waals surface area contributed by atoms with Crippen LogP contribution in [0.25, 0.3) is 0 Å². The number of hydrogen-bond acceptors (Lipinski definition) is 2. The second kappa shape index (κ2) is 11.2. The summed E-state index contributed by atoms with van der Waals surface area (Å²) in [5, 5.41) is 11.1. The van der Waals surface area contributed by atoms with Crippen molar-refractivity contribution in [3.05, 3.63) is 53.9 Å². The predicted molar refractivity (Wildman–Crippen MR) is 120 cm³/mol. The summed E-state index contributed by atoms with van der Waals surface area (Å²) >= 11 is 0. The van der Waals surface area contributed by atoms with Crippen molar-refractivity contribution in [3.8, 4) is 0 Å². The standard InChI is InChI=1S/C20H31N5.HI/c1-5-21-19(22-12-9-13-25-15-17(2)14-24-25)23-16-20(3,4)18-10-7-6-8-11-18;/h6-8,10-11,14-15H,5,9,12-13,16H2,1-4H3,(H2,21,22,23);1H. The zero-order valence-corrected chi connectivity index (χ0v) is 18.7. The molecule has 0 atom stereocenters. The van der Waals surface area contributed by atoms with E-state index in [1.807, 2.05) is 10.9 Å². The second-order valence-electron chi connectivity index (χ2n) is 7.01. The third-order valence-electron chi connectivity index (χ3n) is 4.15. The van der Waals surface area contributed by atoms with Crippen LogP contribution in [0.1, 0.15) is 38.3 Å². The lowest BCUT2D eigenvalue weighted by Gasteiger charge is -2.24. The summed E-state index contributed by atoms with van der Waals surface area (Å²) in [6, 6.07) is 10.6. The van der Waals surface area contributed by atoms with Crippen molar-refractivity contribution in [2.45, 2.75) is 46.1 Å². The molecule has 0 unspecified atom stereocenters. The van der Waals surface area contributed by atoms with E-state index in [1.165, 1.54) is 11.1 Å². The second-order valence-corrected chi connectivity index (χ2v) is 7.01. The average Bonchev–Trinajstić information content (AvgIpc) is 3.02. The summed E-state index contributed by atoms with van der Waals surface area (Å²) in [4.78, 5) is 4.78. The Morgan fingerprint density at radius 3 is 2.54 bits per heavy atom. The van der Waals surface area contributed by atoms with E-state index in [2.05, 4.69) is 80.0 Å². The third kappa shape index (κ3) is 7.35. The van der Waals surface area contributed by atoms with Gasteiger partial charge in [-0.3, -0.25) is 9.67 Å². The molecule has 0 bridgehead atoms. The van der Waals surface area contributed by atoms with Gasteiger partial charge >= 0.3 is 0 Å². The van der Waals surface area contributed by atoms with Gasteiger partial charge in [-0.1, -0.05) is 44.2 Å². The summed E-state index contributed by atoms with van der Waals surface area (Å²) in [6.45, 7) is 12.0. The van der Waals surface area contributed by atoms with Gasteiger partial charge in [0.15, 0.2) is 5.96 Å². The topological polar surface area (TPSA) is 54.2 Å². The Balaban J connectivity index is 0.00000338. The van der Waals surface area contributed by atoms with E-state index >= 15 is 0 Å². The summed E-state index contributed by atoms with van der Waals surface area (Å²) in [6.07, 6.45) is 4.97. The molecule has 144 valence electrons. The number of nitrogens with zero attached hydrogens (tertiary/aromatic N) is 3. The molecule has 0 aliphatic rings. The molecule has 0 radical (unpaired) electrons. The first-order valence-corrected chi connectivity index (χ1v) is 9.08. The SMILES string of the molecule is CCNC(=NCC(C)(C)c1ccccc1)NCCCn1cc(C)cn1.I. The van der Waals surface area contributed by atoms with E-state index in [4.69, 9.17) is 4.99 Å². The van der Waals surface area contributed by atoms with Gasteiger partial charge in [-0.2, -0.15) is 5.10 Å². The zero-order valence-electron chi connectivity index (χ0n) is 16.3. The molecule has 26 heavy (non-hydrogen) atoms. The van der Waals surface area contributed by atoms with E-state index in [1.54, 1.807) is 0 Å². The number of rotatable bonds is 8. The van der Waals surface area contributed by atoms with Crippen molar-refractivity contribution in [2.75, 3.05) is 19.6 Å². The predicted octanol–water partition coefficient (Wildman–Crippen LogP) is 3.73. The van der Waals surface area contributed by atoms with Crippen molar-refractivity contribution >= 4 is 29.9 Å². The first-order chi connectivity index (χ1) is 12.0.